The van der Waals surface area contributed by atoms with Crippen LogP contribution in [0.5, 0.6) is 0 Å². The fourth-order valence-corrected chi connectivity index (χ4v) is 1.82. The van der Waals surface area contributed by atoms with Crippen LogP contribution in [0.2, 0.25) is 10.2 Å². The maximum Gasteiger partial charge on any atom is 0.271 e. The molecule has 0 aliphatic carbocycles. The molecule has 94 valence electrons. The molecule has 0 aliphatic rings. The van der Waals surface area contributed by atoms with Crippen molar-refractivity contribution in [2.75, 3.05) is 6.54 Å². The van der Waals surface area contributed by atoms with Crippen molar-refractivity contribution >= 4 is 29.1 Å². The van der Waals surface area contributed by atoms with Crippen molar-refractivity contribution in [1.29, 1.82) is 0 Å². The summed E-state index contributed by atoms with van der Waals surface area (Å²) in [6.45, 7) is 1.19. The van der Waals surface area contributed by atoms with Gasteiger partial charge in [-0.3, -0.25) is 4.79 Å². The van der Waals surface area contributed by atoms with E-state index in [1.165, 1.54) is 0 Å². The van der Waals surface area contributed by atoms with Crippen LogP contribution >= 0.6 is 23.2 Å². The average Bonchev–Trinajstić information content (AvgIpc) is 2.85. The first-order valence-corrected chi connectivity index (χ1v) is 6.13. The van der Waals surface area contributed by atoms with E-state index in [4.69, 9.17) is 23.2 Å². The Labute approximate surface area is 115 Å². The van der Waals surface area contributed by atoms with Crippen molar-refractivity contribution in [3.05, 3.63) is 52.5 Å². The van der Waals surface area contributed by atoms with Gasteiger partial charge in [-0.15, -0.1) is 0 Å². The zero-order valence-corrected chi connectivity index (χ0v) is 10.9. The van der Waals surface area contributed by atoms with Crippen LogP contribution in [0.25, 0.3) is 0 Å². The van der Waals surface area contributed by atoms with Gasteiger partial charge in [-0.2, -0.15) is 0 Å². The minimum Gasteiger partial charge on any atom is -0.353 e. The van der Waals surface area contributed by atoms with E-state index in [9.17, 15) is 4.79 Å². The molecule has 18 heavy (non-hydrogen) atoms. The van der Waals surface area contributed by atoms with Crippen LogP contribution in [0.4, 0.5) is 0 Å². The predicted molar refractivity (Wildman–Crippen MR) is 71.0 cm³/mol. The summed E-state index contributed by atoms with van der Waals surface area (Å²) >= 11 is 11.6. The molecule has 0 unspecified atom stereocenters. The van der Waals surface area contributed by atoms with Gasteiger partial charge in [-0.25, -0.2) is 4.98 Å². The van der Waals surface area contributed by atoms with Crippen molar-refractivity contribution < 1.29 is 4.79 Å². The first kappa shape index (κ1) is 12.9. The van der Waals surface area contributed by atoms with E-state index >= 15 is 0 Å². The number of pyridine rings is 1. The maximum atomic E-state index is 11.8. The van der Waals surface area contributed by atoms with Gasteiger partial charge in [0.1, 0.15) is 10.8 Å². The third kappa shape index (κ3) is 3.24. The summed E-state index contributed by atoms with van der Waals surface area (Å²) in [6, 6.07) is 6.95. The van der Waals surface area contributed by atoms with E-state index < -0.39 is 0 Å². The van der Waals surface area contributed by atoms with E-state index in [2.05, 4.69) is 10.3 Å². The summed E-state index contributed by atoms with van der Waals surface area (Å²) in [5, 5.41) is 3.27. The van der Waals surface area contributed by atoms with E-state index in [0.29, 0.717) is 13.1 Å². The van der Waals surface area contributed by atoms with Crippen molar-refractivity contribution in [1.82, 2.24) is 14.9 Å². The summed E-state index contributed by atoms with van der Waals surface area (Å²) in [6.07, 6.45) is 3.85. The van der Waals surface area contributed by atoms with Gasteiger partial charge in [0.05, 0.1) is 5.02 Å². The number of amides is 1. The number of carbonyl (C=O) groups is 1. The number of nitrogens with one attached hydrogen (secondary N) is 1. The third-order valence-electron chi connectivity index (χ3n) is 2.35. The molecule has 0 aliphatic heterocycles. The minimum atomic E-state index is -0.324. The molecular formula is C12H11Cl2N3O. The molecule has 0 radical (unpaired) electrons. The lowest BCUT2D eigenvalue weighted by Crippen LogP contribution is -2.28. The zero-order valence-electron chi connectivity index (χ0n) is 9.44. The highest BCUT2D eigenvalue weighted by Gasteiger charge is 2.12. The van der Waals surface area contributed by atoms with E-state index in [0.717, 1.165) is 0 Å². The number of carbonyl (C=O) groups excluding carboxylic acids is 1. The lowest BCUT2D eigenvalue weighted by atomic mass is 10.3. The molecule has 0 fully saturated rings. The van der Waals surface area contributed by atoms with Crippen LogP contribution in [0.15, 0.2) is 36.7 Å². The smallest absolute Gasteiger partial charge is 0.271 e. The van der Waals surface area contributed by atoms with Gasteiger partial charge in [0.15, 0.2) is 0 Å². The van der Waals surface area contributed by atoms with Crippen LogP contribution < -0.4 is 5.32 Å². The molecule has 6 heteroatoms. The highest BCUT2D eigenvalue weighted by atomic mass is 35.5. The zero-order chi connectivity index (χ0) is 13.0. The first-order valence-electron chi connectivity index (χ1n) is 5.38. The van der Waals surface area contributed by atoms with Gasteiger partial charge in [0.25, 0.3) is 5.91 Å². The molecule has 2 rings (SSSR count). The molecule has 1 amide bonds. The van der Waals surface area contributed by atoms with Gasteiger partial charge >= 0.3 is 0 Å². The molecule has 0 bridgehead atoms. The molecule has 1 N–H and O–H groups in total. The Kier molecular flexibility index (Phi) is 4.23. The number of halogens is 2. The van der Waals surface area contributed by atoms with Crippen molar-refractivity contribution in [3.63, 3.8) is 0 Å². The number of hydrogen-bond acceptors (Lipinski definition) is 2. The van der Waals surface area contributed by atoms with Crippen LogP contribution in [0.3, 0.4) is 0 Å². The number of nitrogens with zero attached hydrogens (tertiary/aromatic N) is 2. The molecular weight excluding hydrogens is 273 g/mol. The Hall–Kier alpha value is -1.52. The summed E-state index contributed by atoms with van der Waals surface area (Å²) in [5.41, 5.74) is 0.150. The highest BCUT2D eigenvalue weighted by molar-refractivity contribution is 6.34. The molecule has 0 aromatic carbocycles. The second kappa shape index (κ2) is 5.89. The summed E-state index contributed by atoms with van der Waals surface area (Å²) in [4.78, 5) is 15.7. The van der Waals surface area contributed by atoms with Crippen LogP contribution in [0, 0.1) is 0 Å². The standard InChI is InChI=1S/C12H11Cl2N3O/c13-9-3-4-10(14)16-11(9)12(18)15-5-8-17-6-1-2-7-17/h1-4,6-7H,5,8H2,(H,15,18). The van der Waals surface area contributed by atoms with Crippen molar-refractivity contribution in [2.45, 2.75) is 6.54 Å². The first-order chi connectivity index (χ1) is 8.66. The Morgan fingerprint density at radius 3 is 2.72 bits per heavy atom. The summed E-state index contributed by atoms with van der Waals surface area (Å²) in [5.74, 6) is -0.324. The van der Waals surface area contributed by atoms with Gasteiger partial charge in [-0.1, -0.05) is 23.2 Å². The van der Waals surface area contributed by atoms with Crippen LogP contribution in [-0.2, 0) is 6.54 Å². The van der Waals surface area contributed by atoms with Crippen LogP contribution in [0.1, 0.15) is 10.5 Å². The SMILES string of the molecule is O=C(NCCn1cccc1)c1nc(Cl)ccc1Cl. The van der Waals surface area contributed by atoms with Gasteiger partial charge in [0.2, 0.25) is 0 Å². The molecule has 0 saturated heterocycles. The van der Waals surface area contributed by atoms with Gasteiger partial charge in [-0.05, 0) is 24.3 Å². The van der Waals surface area contributed by atoms with Crippen LogP contribution in [-0.4, -0.2) is 22.0 Å². The molecule has 2 aromatic rings. The number of aromatic nitrogens is 2. The van der Waals surface area contributed by atoms with Gasteiger partial charge in [0, 0.05) is 25.5 Å². The van der Waals surface area contributed by atoms with Crippen molar-refractivity contribution in [3.8, 4) is 0 Å². The fourth-order valence-electron chi connectivity index (χ4n) is 1.48. The lowest BCUT2D eigenvalue weighted by molar-refractivity contribution is 0.0947. The minimum absolute atomic E-state index is 0.150. The second-order valence-corrected chi connectivity index (χ2v) is 4.44. The summed E-state index contributed by atoms with van der Waals surface area (Å²) < 4.78 is 1.97. The van der Waals surface area contributed by atoms with Crippen molar-refractivity contribution in [2.24, 2.45) is 0 Å². The number of hydrogen-bond donors (Lipinski definition) is 1. The monoisotopic (exact) mass is 283 g/mol. The lowest BCUT2D eigenvalue weighted by Gasteiger charge is -2.07. The second-order valence-electron chi connectivity index (χ2n) is 3.64. The fraction of sp³-hybridized carbons (Fsp3) is 0.167. The molecule has 0 saturated carbocycles. The highest BCUT2D eigenvalue weighted by Crippen LogP contribution is 2.16. The van der Waals surface area contributed by atoms with Gasteiger partial charge < -0.3 is 9.88 Å². The molecule has 0 atom stereocenters. The normalized spacial score (nSPS) is 10.3. The Morgan fingerprint density at radius 1 is 1.28 bits per heavy atom. The largest absolute Gasteiger partial charge is 0.353 e. The molecule has 0 spiro atoms. The summed E-state index contributed by atoms with van der Waals surface area (Å²) in [7, 11) is 0. The quantitative estimate of drug-likeness (QED) is 0.877. The van der Waals surface area contributed by atoms with E-state index in [-0.39, 0.29) is 21.8 Å². The Morgan fingerprint density at radius 2 is 2.00 bits per heavy atom. The molecule has 4 nitrogen and oxygen atoms in total. The third-order valence-corrected chi connectivity index (χ3v) is 2.86. The average molecular weight is 284 g/mol. The predicted octanol–water partition coefficient (Wildman–Crippen LogP) is 2.62. The molecule has 2 heterocycles. The van der Waals surface area contributed by atoms with E-state index in [1.54, 1.807) is 12.1 Å². The Bertz CT molecular complexity index is 540. The maximum absolute atomic E-state index is 11.8. The topological polar surface area (TPSA) is 46.9 Å². The van der Waals surface area contributed by atoms with E-state index in [1.807, 2.05) is 29.1 Å². The number of rotatable bonds is 4. The molecule has 2 aromatic heterocycles. The Balaban J connectivity index is 1.93.